The fraction of sp³-hybridized carbons (Fsp3) is 0.480. The topological polar surface area (TPSA) is 95.9 Å². The SMILES string of the molecule is CCN1CCC[C@@H](Cc2cc(F)ccc2S(=O)(=O)Nc2ccc3c(c2C(=O)O)OC[C@@H]2C[C@H]32)C1. The maximum Gasteiger partial charge on any atom is 0.341 e. The smallest absolute Gasteiger partial charge is 0.341 e. The molecule has 2 N–H and O–H groups in total. The average Bonchev–Trinajstić information content (AvgIpc) is 3.58. The predicted octanol–water partition coefficient (Wildman–Crippen LogP) is 4.10. The number of carbonyl (C=O) groups is 1. The second kappa shape index (κ2) is 8.85. The predicted molar refractivity (Wildman–Crippen MR) is 125 cm³/mol. The van der Waals surface area contributed by atoms with Crippen LogP contribution < -0.4 is 9.46 Å². The molecule has 9 heteroatoms. The van der Waals surface area contributed by atoms with Gasteiger partial charge in [0.2, 0.25) is 0 Å². The van der Waals surface area contributed by atoms with Crippen molar-refractivity contribution in [2.45, 2.75) is 43.4 Å². The number of nitrogens with zero attached hydrogens (tertiary/aromatic N) is 1. The molecule has 2 fully saturated rings. The first kappa shape index (κ1) is 23.1. The lowest BCUT2D eigenvalue weighted by molar-refractivity contribution is 0.0692. The molecule has 2 heterocycles. The van der Waals surface area contributed by atoms with E-state index in [2.05, 4.69) is 16.5 Å². The maximum absolute atomic E-state index is 14.1. The van der Waals surface area contributed by atoms with E-state index >= 15 is 0 Å². The van der Waals surface area contributed by atoms with Crippen LogP contribution in [-0.4, -0.2) is 50.6 Å². The zero-order valence-corrected chi connectivity index (χ0v) is 19.9. The van der Waals surface area contributed by atoms with E-state index in [-0.39, 0.29) is 33.7 Å². The number of halogens is 1. The normalized spacial score (nSPS) is 24.0. The summed E-state index contributed by atoms with van der Waals surface area (Å²) in [5, 5.41) is 9.88. The van der Waals surface area contributed by atoms with E-state index in [0.717, 1.165) is 50.5 Å². The van der Waals surface area contributed by atoms with Gasteiger partial charge in [-0.25, -0.2) is 17.6 Å². The van der Waals surface area contributed by atoms with Crippen molar-refractivity contribution in [1.29, 1.82) is 0 Å². The minimum Gasteiger partial charge on any atom is -0.492 e. The number of sulfonamides is 1. The molecule has 2 aliphatic heterocycles. The molecule has 3 aliphatic rings. The van der Waals surface area contributed by atoms with E-state index in [9.17, 15) is 22.7 Å². The van der Waals surface area contributed by atoms with Crippen LogP contribution in [0.4, 0.5) is 10.1 Å². The molecule has 2 aromatic carbocycles. The lowest BCUT2D eigenvalue weighted by Crippen LogP contribution is -2.36. The molecule has 0 amide bonds. The number of carboxylic acids is 1. The Morgan fingerprint density at radius 1 is 1.29 bits per heavy atom. The van der Waals surface area contributed by atoms with E-state index in [1.165, 1.54) is 18.2 Å². The first-order chi connectivity index (χ1) is 16.3. The van der Waals surface area contributed by atoms with Gasteiger partial charge in [-0.05, 0) is 86.0 Å². The number of anilines is 1. The van der Waals surface area contributed by atoms with E-state index in [0.29, 0.717) is 24.5 Å². The molecule has 7 nitrogen and oxygen atoms in total. The van der Waals surface area contributed by atoms with Crippen LogP contribution in [0.15, 0.2) is 35.2 Å². The molecule has 0 aromatic heterocycles. The maximum atomic E-state index is 14.1. The largest absolute Gasteiger partial charge is 0.492 e. The van der Waals surface area contributed by atoms with Gasteiger partial charge >= 0.3 is 5.97 Å². The Balaban J connectivity index is 1.46. The summed E-state index contributed by atoms with van der Waals surface area (Å²) in [6.45, 7) is 5.31. The zero-order valence-electron chi connectivity index (χ0n) is 19.1. The van der Waals surface area contributed by atoms with Crippen LogP contribution in [0.2, 0.25) is 0 Å². The molecule has 1 saturated carbocycles. The number of hydrogen-bond donors (Lipinski definition) is 2. The van der Waals surface area contributed by atoms with E-state index in [4.69, 9.17) is 4.74 Å². The van der Waals surface area contributed by atoms with Gasteiger partial charge in [-0.15, -0.1) is 0 Å². The summed E-state index contributed by atoms with van der Waals surface area (Å²) in [4.78, 5) is 14.4. The van der Waals surface area contributed by atoms with Crippen molar-refractivity contribution in [2.75, 3.05) is 31.0 Å². The summed E-state index contributed by atoms with van der Waals surface area (Å²) in [7, 11) is -4.17. The van der Waals surface area contributed by atoms with E-state index in [1.54, 1.807) is 6.07 Å². The molecule has 182 valence electrons. The summed E-state index contributed by atoms with van der Waals surface area (Å²) in [6, 6.07) is 6.90. The van der Waals surface area contributed by atoms with Gasteiger partial charge in [0, 0.05) is 12.5 Å². The number of aromatic carboxylic acids is 1. The number of carboxylic acid groups (broad SMARTS) is 1. The number of rotatable bonds is 7. The van der Waals surface area contributed by atoms with Gasteiger partial charge < -0.3 is 14.7 Å². The first-order valence-electron chi connectivity index (χ1n) is 11.8. The van der Waals surface area contributed by atoms with Crippen LogP contribution in [0.5, 0.6) is 5.75 Å². The van der Waals surface area contributed by atoms with Gasteiger partial charge in [-0.3, -0.25) is 4.72 Å². The molecular weight excluding hydrogens is 459 g/mol. The Kier molecular flexibility index (Phi) is 6.02. The van der Waals surface area contributed by atoms with Gasteiger partial charge in [-0.1, -0.05) is 13.0 Å². The highest BCUT2D eigenvalue weighted by Crippen LogP contribution is 2.55. The summed E-state index contributed by atoms with van der Waals surface area (Å²) < 4.78 is 49.2. The molecule has 1 aliphatic carbocycles. The van der Waals surface area contributed by atoms with Crippen molar-refractivity contribution in [3.8, 4) is 5.75 Å². The summed E-state index contributed by atoms with van der Waals surface area (Å²) in [5.74, 6) is -0.606. The monoisotopic (exact) mass is 488 g/mol. The van der Waals surface area contributed by atoms with E-state index in [1.807, 2.05) is 0 Å². The molecule has 34 heavy (non-hydrogen) atoms. The van der Waals surface area contributed by atoms with Crippen molar-refractivity contribution in [1.82, 2.24) is 4.90 Å². The fourth-order valence-electron chi connectivity index (χ4n) is 5.43. The third kappa shape index (κ3) is 4.38. The standard InChI is InChI=1S/C25H29FN2O5S/c1-2-28-9-3-4-15(13-28)10-16-11-18(26)5-8-22(16)34(31,32)27-21-7-6-19-20-12-17(20)14-33-24(19)23(21)25(29)30/h5-8,11,15,17,20,27H,2-4,9-10,12-14H2,1H3,(H,29,30)/t15-,17-,20-/m0/s1. The molecule has 0 unspecified atom stereocenters. The molecule has 5 rings (SSSR count). The van der Waals surface area contributed by atoms with Crippen LogP contribution in [-0.2, 0) is 16.4 Å². The molecule has 0 spiro atoms. The summed E-state index contributed by atoms with van der Waals surface area (Å²) in [5.41, 5.74) is 0.996. The number of benzene rings is 2. The van der Waals surface area contributed by atoms with Crippen LogP contribution in [0, 0.1) is 17.7 Å². The van der Waals surface area contributed by atoms with Crippen molar-refractivity contribution in [3.05, 3.63) is 52.8 Å². The Bertz CT molecular complexity index is 1230. The Morgan fingerprint density at radius 2 is 2.12 bits per heavy atom. The zero-order chi connectivity index (χ0) is 24.0. The Labute approximate surface area is 199 Å². The second-order valence-electron chi connectivity index (χ2n) is 9.59. The van der Waals surface area contributed by atoms with Crippen LogP contribution in [0.3, 0.4) is 0 Å². The number of ether oxygens (including phenoxy) is 1. The quantitative estimate of drug-likeness (QED) is 0.609. The highest BCUT2D eigenvalue weighted by molar-refractivity contribution is 7.92. The summed E-state index contributed by atoms with van der Waals surface area (Å²) in [6.07, 6.45) is 3.36. The van der Waals surface area contributed by atoms with Gasteiger partial charge in [0.25, 0.3) is 10.0 Å². The average molecular weight is 489 g/mol. The van der Waals surface area contributed by atoms with Crippen LogP contribution >= 0.6 is 0 Å². The molecule has 0 bridgehead atoms. The molecular formula is C25H29FN2O5S. The lowest BCUT2D eigenvalue weighted by atomic mass is 9.91. The molecule has 2 aromatic rings. The van der Waals surface area contributed by atoms with Gasteiger partial charge in [0.15, 0.2) is 0 Å². The minimum absolute atomic E-state index is 0.0280. The highest BCUT2D eigenvalue weighted by Gasteiger charge is 2.45. The van der Waals surface area contributed by atoms with Gasteiger partial charge in [0.05, 0.1) is 17.2 Å². The third-order valence-corrected chi connectivity index (χ3v) is 8.75. The lowest BCUT2D eigenvalue weighted by Gasteiger charge is -2.32. The Hall–Kier alpha value is -2.65. The second-order valence-corrected chi connectivity index (χ2v) is 11.2. The van der Waals surface area contributed by atoms with Crippen molar-refractivity contribution >= 4 is 21.7 Å². The van der Waals surface area contributed by atoms with E-state index < -0.39 is 21.8 Å². The number of hydrogen-bond acceptors (Lipinski definition) is 5. The highest BCUT2D eigenvalue weighted by atomic mass is 32.2. The Morgan fingerprint density at radius 3 is 2.88 bits per heavy atom. The minimum atomic E-state index is -4.17. The van der Waals surface area contributed by atoms with Crippen molar-refractivity contribution in [3.63, 3.8) is 0 Å². The number of likely N-dealkylation sites (tertiary alicyclic amines) is 1. The first-order valence-corrected chi connectivity index (χ1v) is 13.3. The summed E-state index contributed by atoms with van der Waals surface area (Å²) >= 11 is 0. The van der Waals surface area contributed by atoms with Gasteiger partial charge in [0.1, 0.15) is 17.1 Å². The molecule has 3 atom stereocenters. The van der Waals surface area contributed by atoms with Crippen LogP contribution in [0.1, 0.15) is 53.6 Å². The van der Waals surface area contributed by atoms with Crippen molar-refractivity contribution in [2.24, 2.45) is 11.8 Å². The van der Waals surface area contributed by atoms with Crippen molar-refractivity contribution < 1.29 is 27.4 Å². The van der Waals surface area contributed by atoms with Crippen LogP contribution in [0.25, 0.3) is 0 Å². The fourth-order valence-corrected chi connectivity index (χ4v) is 6.74. The molecule has 0 radical (unpaired) electrons. The molecule has 1 saturated heterocycles. The third-order valence-electron chi connectivity index (χ3n) is 7.28. The number of piperidine rings is 1. The van der Waals surface area contributed by atoms with Gasteiger partial charge in [-0.2, -0.15) is 0 Å². The number of fused-ring (bicyclic) bond motifs is 3. The number of nitrogens with one attached hydrogen (secondary N) is 1.